The quantitative estimate of drug-likeness (QED) is 0.571. The van der Waals surface area contributed by atoms with Crippen molar-refractivity contribution >= 4 is 28.3 Å². The molecule has 6 nitrogen and oxygen atoms in total. The number of hydrogen-bond donors (Lipinski definition) is 2. The van der Waals surface area contributed by atoms with Crippen LogP contribution in [-0.2, 0) is 4.79 Å². The molecule has 2 N–H and O–H groups in total. The highest BCUT2D eigenvalue weighted by atomic mass is 16.5. The van der Waals surface area contributed by atoms with Crippen molar-refractivity contribution in [1.82, 2.24) is 10.3 Å². The van der Waals surface area contributed by atoms with Crippen molar-refractivity contribution in [3.8, 4) is 5.75 Å². The Kier molecular flexibility index (Phi) is 6.78. The summed E-state index contributed by atoms with van der Waals surface area (Å²) in [7, 11) is 4.11. The van der Waals surface area contributed by atoms with Gasteiger partial charge in [-0.2, -0.15) is 0 Å². The SMILES string of the molecule is CC(Oc1ccccc1)C(=O)N[C@H]1CC[C@@H](Nc2cc(N(C)C)c3ccccc3n2)CC1. The lowest BCUT2D eigenvalue weighted by atomic mass is 9.91. The maximum atomic E-state index is 12.5. The molecule has 3 aromatic rings. The number of hydrogen-bond acceptors (Lipinski definition) is 5. The number of rotatable bonds is 7. The number of amides is 1. The Morgan fingerprint density at radius 3 is 2.38 bits per heavy atom. The zero-order valence-electron chi connectivity index (χ0n) is 19.0. The fraction of sp³-hybridized carbons (Fsp3) is 0.385. The van der Waals surface area contributed by atoms with Gasteiger partial charge in [-0.15, -0.1) is 0 Å². The molecule has 0 saturated heterocycles. The number of pyridine rings is 1. The van der Waals surface area contributed by atoms with Crippen molar-refractivity contribution in [2.75, 3.05) is 24.3 Å². The van der Waals surface area contributed by atoms with Crippen molar-refractivity contribution in [3.05, 3.63) is 60.7 Å². The van der Waals surface area contributed by atoms with Crippen molar-refractivity contribution in [2.45, 2.75) is 50.8 Å². The molecular weight excluding hydrogens is 400 g/mol. The largest absolute Gasteiger partial charge is 0.481 e. The summed E-state index contributed by atoms with van der Waals surface area (Å²) >= 11 is 0. The van der Waals surface area contributed by atoms with E-state index in [1.165, 1.54) is 0 Å². The number of fused-ring (bicyclic) bond motifs is 1. The van der Waals surface area contributed by atoms with Crippen LogP contribution < -0.4 is 20.3 Å². The van der Waals surface area contributed by atoms with Crippen LogP contribution in [0.4, 0.5) is 11.5 Å². The lowest BCUT2D eigenvalue weighted by molar-refractivity contribution is -0.128. The molecule has 0 bridgehead atoms. The van der Waals surface area contributed by atoms with E-state index in [2.05, 4.69) is 47.8 Å². The minimum absolute atomic E-state index is 0.0583. The van der Waals surface area contributed by atoms with E-state index in [9.17, 15) is 4.79 Å². The van der Waals surface area contributed by atoms with E-state index in [0.717, 1.165) is 48.1 Å². The molecule has 6 heteroatoms. The van der Waals surface area contributed by atoms with Crippen LogP contribution >= 0.6 is 0 Å². The van der Waals surface area contributed by atoms with Crippen LogP contribution in [-0.4, -0.2) is 43.2 Å². The van der Waals surface area contributed by atoms with Crippen LogP contribution in [0.25, 0.3) is 10.9 Å². The third-order valence-corrected chi connectivity index (χ3v) is 6.03. The van der Waals surface area contributed by atoms with Gasteiger partial charge in [-0.3, -0.25) is 4.79 Å². The molecule has 1 amide bonds. The summed E-state index contributed by atoms with van der Waals surface area (Å²) in [5.74, 6) is 1.56. The fourth-order valence-corrected chi connectivity index (χ4v) is 4.27. The molecule has 168 valence electrons. The second-order valence-electron chi connectivity index (χ2n) is 8.71. The average molecular weight is 433 g/mol. The highest BCUT2D eigenvalue weighted by Gasteiger charge is 2.25. The van der Waals surface area contributed by atoms with E-state index < -0.39 is 6.10 Å². The van der Waals surface area contributed by atoms with E-state index in [-0.39, 0.29) is 11.9 Å². The zero-order chi connectivity index (χ0) is 22.5. The van der Waals surface area contributed by atoms with Gasteiger partial charge in [0.2, 0.25) is 0 Å². The van der Waals surface area contributed by atoms with E-state index >= 15 is 0 Å². The summed E-state index contributed by atoms with van der Waals surface area (Å²) in [6.45, 7) is 1.79. The van der Waals surface area contributed by atoms with Gasteiger partial charge >= 0.3 is 0 Å². The number of nitrogens with zero attached hydrogens (tertiary/aromatic N) is 2. The van der Waals surface area contributed by atoms with Gasteiger partial charge in [0.1, 0.15) is 11.6 Å². The summed E-state index contributed by atoms with van der Waals surface area (Å²) in [6, 6.07) is 20.4. The Bertz CT molecular complexity index is 1050. The molecule has 0 radical (unpaired) electrons. The standard InChI is InChI=1S/C26H32N4O2/c1-18(32-21-9-5-4-6-10-21)26(31)28-20-15-13-19(14-16-20)27-25-17-24(30(2)3)22-11-7-8-12-23(22)29-25/h4-12,17-20H,13-16H2,1-3H3,(H,27,29)(H,28,31)/t18?,19-,20+. The fourth-order valence-electron chi connectivity index (χ4n) is 4.27. The summed E-state index contributed by atoms with van der Waals surface area (Å²) in [5, 5.41) is 7.93. The molecule has 1 aliphatic carbocycles. The van der Waals surface area contributed by atoms with Gasteiger partial charge in [0.25, 0.3) is 5.91 Å². The number of ether oxygens (including phenoxy) is 1. The maximum absolute atomic E-state index is 12.5. The number of benzene rings is 2. The Labute approximate surface area is 190 Å². The molecule has 1 unspecified atom stereocenters. The molecule has 1 atom stereocenters. The van der Waals surface area contributed by atoms with Crippen LogP contribution in [0.3, 0.4) is 0 Å². The van der Waals surface area contributed by atoms with Gasteiger partial charge in [0.15, 0.2) is 6.10 Å². The second kappa shape index (κ2) is 9.90. The maximum Gasteiger partial charge on any atom is 0.260 e. The third-order valence-electron chi connectivity index (χ3n) is 6.03. The molecule has 2 aromatic carbocycles. The first-order chi connectivity index (χ1) is 15.5. The van der Waals surface area contributed by atoms with Crippen LogP contribution in [0.5, 0.6) is 5.75 Å². The monoisotopic (exact) mass is 432 g/mol. The van der Waals surface area contributed by atoms with Crippen molar-refractivity contribution in [3.63, 3.8) is 0 Å². The molecule has 1 saturated carbocycles. The Morgan fingerprint density at radius 2 is 1.66 bits per heavy atom. The molecule has 1 fully saturated rings. The first kappa shape index (κ1) is 21.9. The lowest BCUT2D eigenvalue weighted by Crippen LogP contribution is -2.45. The zero-order valence-corrected chi connectivity index (χ0v) is 19.0. The number of aromatic nitrogens is 1. The minimum atomic E-state index is -0.514. The second-order valence-corrected chi connectivity index (χ2v) is 8.71. The summed E-state index contributed by atoms with van der Waals surface area (Å²) in [6.07, 6.45) is 3.35. The summed E-state index contributed by atoms with van der Waals surface area (Å²) < 4.78 is 5.75. The first-order valence-corrected chi connectivity index (χ1v) is 11.4. The molecule has 1 aromatic heterocycles. The predicted octanol–water partition coefficient (Wildman–Crippen LogP) is 4.61. The van der Waals surface area contributed by atoms with Gasteiger partial charge < -0.3 is 20.3 Å². The molecule has 1 heterocycles. The number of carbonyl (C=O) groups excluding carboxylic acids is 1. The Balaban J connectivity index is 1.31. The normalized spacial score (nSPS) is 19.2. The van der Waals surface area contributed by atoms with Gasteiger partial charge in [-0.1, -0.05) is 36.4 Å². The molecule has 0 aliphatic heterocycles. The summed E-state index contributed by atoms with van der Waals surface area (Å²) in [4.78, 5) is 19.5. The van der Waals surface area contributed by atoms with E-state index in [1.807, 2.05) is 42.5 Å². The van der Waals surface area contributed by atoms with Crippen molar-refractivity contribution in [1.29, 1.82) is 0 Å². The van der Waals surface area contributed by atoms with Gasteiger partial charge in [-0.05, 0) is 50.8 Å². The average Bonchev–Trinajstić information content (AvgIpc) is 2.80. The summed E-state index contributed by atoms with van der Waals surface area (Å²) in [5.41, 5.74) is 2.15. The van der Waals surface area contributed by atoms with Crippen molar-refractivity contribution in [2.24, 2.45) is 0 Å². The Morgan fingerprint density at radius 1 is 1.00 bits per heavy atom. The number of para-hydroxylation sites is 2. The first-order valence-electron chi connectivity index (χ1n) is 11.4. The molecule has 0 spiro atoms. The van der Waals surface area contributed by atoms with Crippen LogP contribution in [0.15, 0.2) is 60.7 Å². The van der Waals surface area contributed by atoms with Crippen LogP contribution in [0, 0.1) is 0 Å². The molecular formula is C26H32N4O2. The van der Waals surface area contributed by atoms with E-state index in [4.69, 9.17) is 9.72 Å². The van der Waals surface area contributed by atoms with Crippen LogP contribution in [0.2, 0.25) is 0 Å². The number of nitrogens with one attached hydrogen (secondary N) is 2. The molecule has 4 rings (SSSR count). The predicted molar refractivity (Wildman–Crippen MR) is 130 cm³/mol. The molecule has 1 aliphatic rings. The number of carbonyl (C=O) groups is 1. The third kappa shape index (κ3) is 5.31. The number of anilines is 2. The van der Waals surface area contributed by atoms with Gasteiger partial charge in [-0.25, -0.2) is 4.98 Å². The van der Waals surface area contributed by atoms with Crippen molar-refractivity contribution < 1.29 is 9.53 Å². The smallest absolute Gasteiger partial charge is 0.260 e. The lowest BCUT2D eigenvalue weighted by Gasteiger charge is -2.31. The van der Waals surface area contributed by atoms with Crippen LogP contribution in [0.1, 0.15) is 32.6 Å². The van der Waals surface area contributed by atoms with E-state index in [0.29, 0.717) is 11.8 Å². The minimum Gasteiger partial charge on any atom is -0.481 e. The van der Waals surface area contributed by atoms with Gasteiger partial charge in [0.05, 0.1) is 5.52 Å². The highest BCUT2D eigenvalue weighted by molar-refractivity contribution is 5.93. The Hall–Kier alpha value is -3.28. The van der Waals surface area contributed by atoms with E-state index in [1.54, 1.807) is 6.92 Å². The topological polar surface area (TPSA) is 66.5 Å². The molecule has 32 heavy (non-hydrogen) atoms. The highest BCUT2D eigenvalue weighted by Crippen LogP contribution is 2.29. The van der Waals surface area contributed by atoms with Gasteiger partial charge in [0, 0.05) is 43.3 Å².